The predicted octanol–water partition coefficient (Wildman–Crippen LogP) is 4.70. The van der Waals surface area contributed by atoms with Crippen LogP contribution in [-0.2, 0) is 20.7 Å². The van der Waals surface area contributed by atoms with Gasteiger partial charge in [-0.2, -0.15) is 0 Å². The molecule has 1 amide bonds. The number of amides is 1. The molecule has 1 saturated heterocycles. The van der Waals surface area contributed by atoms with Gasteiger partial charge in [0.15, 0.2) is 11.3 Å². The number of aryl methyl sites for hydroxylation is 1. The monoisotopic (exact) mass is 389 g/mol. The summed E-state index contributed by atoms with van der Waals surface area (Å²) in [6.45, 7) is 5.86. The van der Waals surface area contributed by atoms with Crippen LogP contribution in [0.4, 0.5) is 0 Å². The van der Waals surface area contributed by atoms with E-state index in [0.29, 0.717) is 18.0 Å². The molecular weight excluding hydrogens is 358 g/mol. The molecule has 1 unspecified atom stereocenters. The van der Waals surface area contributed by atoms with Crippen molar-refractivity contribution < 1.29 is 14.3 Å². The van der Waals surface area contributed by atoms with E-state index in [2.05, 4.69) is 24.3 Å². The standard InChI is InChI=1S/C22H31NO3S/c1-22(2,3)20(24)21(25)23-16-10-9-14-18(23)26-19(27)15-8-7-13-17-11-5-4-6-12-17/h4-6,11-12,18H,7-10,13-16H2,1-3H3. The topological polar surface area (TPSA) is 46.6 Å². The Morgan fingerprint density at radius 2 is 1.85 bits per heavy atom. The highest BCUT2D eigenvalue weighted by molar-refractivity contribution is 7.80. The zero-order valence-electron chi connectivity index (χ0n) is 16.7. The number of carbonyl (C=O) groups is 2. The first-order valence-corrected chi connectivity index (χ1v) is 10.3. The van der Waals surface area contributed by atoms with E-state index in [9.17, 15) is 9.59 Å². The largest absolute Gasteiger partial charge is 0.464 e. The van der Waals surface area contributed by atoms with Gasteiger partial charge in [0.25, 0.3) is 5.91 Å². The number of likely N-dealkylation sites (tertiary alicyclic amines) is 1. The maximum atomic E-state index is 12.6. The highest BCUT2D eigenvalue weighted by Crippen LogP contribution is 2.23. The molecule has 1 aromatic rings. The minimum absolute atomic E-state index is 0.369. The van der Waals surface area contributed by atoms with Crippen LogP contribution >= 0.6 is 12.2 Å². The van der Waals surface area contributed by atoms with Crippen LogP contribution in [0.3, 0.4) is 0 Å². The van der Waals surface area contributed by atoms with Gasteiger partial charge in [0.2, 0.25) is 5.78 Å². The Morgan fingerprint density at radius 3 is 2.52 bits per heavy atom. The molecule has 148 valence electrons. The van der Waals surface area contributed by atoms with Crippen LogP contribution in [-0.4, -0.2) is 34.4 Å². The van der Waals surface area contributed by atoms with E-state index < -0.39 is 17.6 Å². The van der Waals surface area contributed by atoms with Crippen molar-refractivity contribution in [2.45, 2.75) is 71.9 Å². The van der Waals surface area contributed by atoms with Gasteiger partial charge in [-0.15, -0.1) is 0 Å². The number of thiocarbonyl (C=S) groups is 1. The van der Waals surface area contributed by atoms with Crippen molar-refractivity contribution in [3.63, 3.8) is 0 Å². The van der Waals surface area contributed by atoms with Crippen molar-refractivity contribution >= 4 is 29.0 Å². The fourth-order valence-electron chi connectivity index (χ4n) is 3.16. The molecule has 0 saturated carbocycles. The second-order valence-electron chi connectivity index (χ2n) is 8.21. The molecular formula is C22H31NO3S. The van der Waals surface area contributed by atoms with Gasteiger partial charge >= 0.3 is 0 Å². The average molecular weight is 390 g/mol. The smallest absolute Gasteiger partial charge is 0.293 e. The van der Waals surface area contributed by atoms with Crippen LogP contribution in [0.1, 0.15) is 64.9 Å². The molecule has 1 fully saturated rings. The fraction of sp³-hybridized carbons (Fsp3) is 0.591. The summed E-state index contributed by atoms with van der Waals surface area (Å²) >= 11 is 5.40. The predicted molar refractivity (Wildman–Crippen MR) is 111 cm³/mol. The number of benzene rings is 1. The maximum absolute atomic E-state index is 12.6. The van der Waals surface area contributed by atoms with Gasteiger partial charge in [-0.1, -0.05) is 51.1 Å². The number of rotatable bonds is 7. The number of hydrogen-bond donors (Lipinski definition) is 0. The molecule has 0 radical (unpaired) electrons. The summed E-state index contributed by atoms with van der Waals surface area (Å²) in [4.78, 5) is 26.5. The number of ether oxygens (including phenoxy) is 1. The van der Waals surface area contributed by atoms with Crippen LogP contribution in [0.25, 0.3) is 0 Å². The lowest BCUT2D eigenvalue weighted by atomic mass is 9.89. The van der Waals surface area contributed by atoms with Crippen molar-refractivity contribution in [2.24, 2.45) is 5.41 Å². The lowest BCUT2D eigenvalue weighted by Gasteiger charge is -2.36. The van der Waals surface area contributed by atoms with E-state index in [1.807, 2.05) is 6.07 Å². The molecule has 0 bridgehead atoms. The summed E-state index contributed by atoms with van der Waals surface area (Å²) in [6.07, 6.45) is 5.93. The van der Waals surface area contributed by atoms with Crippen LogP contribution < -0.4 is 0 Å². The highest BCUT2D eigenvalue weighted by Gasteiger charge is 2.37. The molecule has 0 N–H and O–H groups in total. The number of carbonyl (C=O) groups excluding carboxylic acids is 2. The lowest BCUT2D eigenvalue weighted by Crippen LogP contribution is -2.50. The third-order valence-electron chi connectivity index (χ3n) is 4.79. The summed E-state index contributed by atoms with van der Waals surface area (Å²) in [6, 6.07) is 10.4. The van der Waals surface area contributed by atoms with Crippen molar-refractivity contribution in [3.8, 4) is 0 Å². The first kappa shape index (κ1) is 21.5. The van der Waals surface area contributed by atoms with Gasteiger partial charge in [-0.25, -0.2) is 0 Å². The Labute approximate surface area is 168 Å². The van der Waals surface area contributed by atoms with Gasteiger partial charge in [0, 0.05) is 24.8 Å². The Morgan fingerprint density at radius 1 is 1.15 bits per heavy atom. The van der Waals surface area contributed by atoms with Crippen molar-refractivity contribution in [1.29, 1.82) is 0 Å². The van der Waals surface area contributed by atoms with E-state index >= 15 is 0 Å². The van der Waals surface area contributed by atoms with Crippen LogP contribution in [0.15, 0.2) is 30.3 Å². The third-order valence-corrected chi connectivity index (χ3v) is 5.09. The molecule has 1 atom stereocenters. The minimum Gasteiger partial charge on any atom is -0.464 e. The maximum Gasteiger partial charge on any atom is 0.293 e. The molecule has 0 spiro atoms. The zero-order valence-corrected chi connectivity index (χ0v) is 17.5. The molecule has 1 aliphatic heterocycles. The number of unbranched alkanes of at least 4 members (excludes halogenated alkanes) is 1. The number of nitrogens with zero attached hydrogens (tertiary/aromatic N) is 1. The summed E-state index contributed by atoms with van der Waals surface area (Å²) in [5.41, 5.74) is 0.644. The quantitative estimate of drug-likeness (QED) is 0.385. The second-order valence-corrected chi connectivity index (χ2v) is 8.67. The normalized spacial score (nSPS) is 17.4. The Balaban J connectivity index is 1.81. The van der Waals surface area contributed by atoms with Crippen LogP contribution in [0, 0.1) is 5.41 Å². The average Bonchev–Trinajstić information content (AvgIpc) is 2.64. The van der Waals surface area contributed by atoms with Crippen LogP contribution in [0.2, 0.25) is 0 Å². The number of hydrogen-bond acceptors (Lipinski definition) is 4. The van der Waals surface area contributed by atoms with Crippen molar-refractivity contribution in [1.82, 2.24) is 4.90 Å². The molecule has 2 rings (SSSR count). The van der Waals surface area contributed by atoms with E-state index in [-0.39, 0.29) is 5.78 Å². The van der Waals surface area contributed by atoms with E-state index in [0.717, 1.165) is 38.5 Å². The van der Waals surface area contributed by atoms with E-state index in [1.54, 1.807) is 25.7 Å². The minimum atomic E-state index is -0.684. The van der Waals surface area contributed by atoms with E-state index in [4.69, 9.17) is 17.0 Å². The van der Waals surface area contributed by atoms with Gasteiger partial charge < -0.3 is 9.64 Å². The molecule has 0 aliphatic carbocycles. The molecule has 5 heteroatoms. The van der Waals surface area contributed by atoms with E-state index in [1.165, 1.54) is 5.56 Å². The first-order chi connectivity index (χ1) is 12.8. The molecule has 1 aromatic carbocycles. The fourth-order valence-corrected chi connectivity index (χ4v) is 3.42. The summed E-state index contributed by atoms with van der Waals surface area (Å²) < 4.78 is 5.92. The molecule has 0 aromatic heterocycles. The Kier molecular flexibility index (Phi) is 7.96. The summed E-state index contributed by atoms with van der Waals surface area (Å²) in [5.74, 6) is -0.814. The first-order valence-electron chi connectivity index (χ1n) is 9.88. The Bertz CT molecular complexity index is 651. The van der Waals surface area contributed by atoms with Crippen molar-refractivity contribution in [3.05, 3.63) is 35.9 Å². The third kappa shape index (κ3) is 6.73. The molecule has 1 aliphatic rings. The highest BCUT2D eigenvalue weighted by atomic mass is 32.1. The molecule has 4 nitrogen and oxygen atoms in total. The Hall–Kier alpha value is -1.75. The van der Waals surface area contributed by atoms with Gasteiger partial charge in [0.1, 0.15) is 0 Å². The van der Waals surface area contributed by atoms with Gasteiger partial charge in [0.05, 0.1) is 0 Å². The SMILES string of the molecule is CC(C)(C)C(=O)C(=O)N1CCCCC1OC(=S)CCCCc1ccccc1. The number of piperidine rings is 1. The molecule has 1 heterocycles. The van der Waals surface area contributed by atoms with Crippen molar-refractivity contribution in [2.75, 3.05) is 6.54 Å². The second kappa shape index (κ2) is 9.98. The van der Waals surface area contributed by atoms with Crippen LogP contribution in [0.5, 0.6) is 0 Å². The number of Topliss-reactive ketones (excluding diaryl/α,β-unsaturated/α-hetero) is 1. The van der Waals surface area contributed by atoms with Gasteiger partial charge in [-0.05, 0) is 49.9 Å². The summed E-state index contributed by atoms with van der Waals surface area (Å²) in [7, 11) is 0. The summed E-state index contributed by atoms with van der Waals surface area (Å²) in [5, 5.41) is 0.538. The lowest BCUT2D eigenvalue weighted by molar-refractivity contribution is -0.156. The zero-order chi connectivity index (χ0) is 19.9. The molecule has 27 heavy (non-hydrogen) atoms. The number of ketones is 1. The van der Waals surface area contributed by atoms with Gasteiger partial charge in [-0.3, -0.25) is 9.59 Å².